The summed E-state index contributed by atoms with van der Waals surface area (Å²) in [5.41, 5.74) is 0. The summed E-state index contributed by atoms with van der Waals surface area (Å²) in [7, 11) is 0. The van der Waals surface area contributed by atoms with E-state index in [1.807, 2.05) is 6.92 Å². The standard InChI is InChI=1S/C11H22N2O/c1-6-11(14)12-9(4)10(5)13(7-2)8-3/h6,9-10H,1,7-8H2,2-5H3,(H,12,14). The molecule has 1 amide bonds. The number of nitrogens with one attached hydrogen (secondary N) is 1. The van der Waals surface area contributed by atoms with Gasteiger partial charge in [0.05, 0.1) is 0 Å². The lowest BCUT2D eigenvalue weighted by molar-refractivity contribution is -0.117. The molecule has 2 unspecified atom stereocenters. The van der Waals surface area contributed by atoms with Crippen molar-refractivity contribution in [1.82, 2.24) is 10.2 Å². The van der Waals surface area contributed by atoms with Crippen molar-refractivity contribution in [2.75, 3.05) is 13.1 Å². The van der Waals surface area contributed by atoms with Gasteiger partial charge in [0.2, 0.25) is 5.91 Å². The van der Waals surface area contributed by atoms with E-state index in [9.17, 15) is 4.79 Å². The van der Waals surface area contributed by atoms with E-state index in [1.165, 1.54) is 6.08 Å². The Bertz CT molecular complexity index is 188. The van der Waals surface area contributed by atoms with Gasteiger partial charge >= 0.3 is 0 Å². The fourth-order valence-corrected chi connectivity index (χ4v) is 1.52. The number of rotatable bonds is 6. The first kappa shape index (κ1) is 13.2. The van der Waals surface area contributed by atoms with E-state index in [4.69, 9.17) is 0 Å². The number of likely N-dealkylation sites (N-methyl/N-ethyl adjacent to an activating group) is 1. The zero-order chi connectivity index (χ0) is 11.1. The summed E-state index contributed by atoms with van der Waals surface area (Å²) in [6, 6.07) is 0.509. The van der Waals surface area contributed by atoms with Crippen LogP contribution in [0.15, 0.2) is 12.7 Å². The molecular formula is C11H22N2O. The first-order chi connectivity index (χ1) is 6.56. The average Bonchev–Trinajstić information content (AvgIpc) is 2.19. The molecule has 0 spiro atoms. The lowest BCUT2D eigenvalue weighted by atomic mass is 10.1. The van der Waals surface area contributed by atoms with E-state index < -0.39 is 0 Å². The van der Waals surface area contributed by atoms with Crippen molar-refractivity contribution in [3.05, 3.63) is 12.7 Å². The van der Waals surface area contributed by atoms with Crippen molar-refractivity contribution >= 4 is 5.91 Å². The Labute approximate surface area is 87.2 Å². The van der Waals surface area contributed by atoms with Crippen LogP contribution in [0.5, 0.6) is 0 Å². The lowest BCUT2D eigenvalue weighted by Gasteiger charge is -2.31. The van der Waals surface area contributed by atoms with Gasteiger partial charge in [-0.2, -0.15) is 0 Å². The molecular weight excluding hydrogens is 176 g/mol. The smallest absolute Gasteiger partial charge is 0.243 e. The summed E-state index contributed by atoms with van der Waals surface area (Å²) in [5.74, 6) is -0.100. The second-order valence-corrected chi connectivity index (χ2v) is 3.46. The van der Waals surface area contributed by atoms with E-state index in [0.717, 1.165) is 13.1 Å². The molecule has 0 bridgehead atoms. The predicted octanol–water partition coefficient (Wildman–Crippen LogP) is 1.41. The minimum Gasteiger partial charge on any atom is -0.349 e. The molecule has 0 aromatic carbocycles. The van der Waals surface area contributed by atoms with Gasteiger partial charge in [-0.1, -0.05) is 20.4 Å². The highest BCUT2D eigenvalue weighted by Crippen LogP contribution is 2.03. The van der Waals surface area contributed by atoms with Gasteiger partial charge in [-0.05, 0) is 33.0 Å². The Kier molecular flexibility index (Phi) is 6.21. The maximum absolute atomic E-state index is 11.1. The van der Waals surface area contributed by atoms with E-state index >= 15 is 0 Å². The summed E-state index contributed by atoms with van der Waals surface area (Å²) in [4.78, 5) is 13.4. The molecule has 0 saturated heterocycles. The molecule has 14 heavy (non-hydrogen) atoms. The van der Waals surface area contributed by atoms with Crippen LogP contribution in [0.25, 0.3) is 0 Å². The predicted molar refractivity (Wildman–Crippen MR) is 60.2 cm³/mol. The Hall–Kier alpha value is -0.830. The highest BCUT2D eigenvalue weighted by Gasteiger charge is 2.18. The number of hydrogen-bond acceptors (Lipinski definition) is 2. The zero-order valence-electron chi connectivity index (χ0n) is 9.71. The highest BCUT2D eigenvalue weighted by molar-refractivity contribution is 5.87. The molecule has 82 valence electrons. The van der Waals surface area contributed by atoms with Crippen molar-refractivity contribution in [3.63, 3.8) is 0 Å². The topological polar surface area (TPSA) is 32.3 Å². The molecule has 0 radical (unpaired) electrons. The zero-order valence-corrected chi connectivity index (χ0v) is 9.71. The summed E-state index contributed by atoms with van der Waals surface area (Å²) in [6.07, 6.45) is 1.31. The molecule has 0 aromatic rings. The molecule has 0 aliphatic carbocycles. The van der Waals surface area contributed by atoms with Crippen LogP contribution < -0.4 is 5.32 Å². The molecule has 2 atom stereocenters. The van der Waals surface area contributed by atoms with Crippen molar-refractivity contribution in [2.45, 2.75) is 39.8 Å². The Morgan fingerprint density at radius 2 is 1.93 bits per heavy atom. The van der Waals surface area contributed by atoms with Crippen LogP contribution in [0.1, 0.15) is 27.7 Å². The van der Waals surface area contributed by atoms with E-state index in [1.54, 1.807) is 0 Å². The number of hydrogen-bond donors (Lipinski definition) is 1. The van der Waals surface area contributed by atoms with Crippen LogP contribution >= 0.6 is 0 Å². The van der Waals surface area contributed by atoms with Crippen LogP contribution in [-0.4, -0.2) is 36.0 Å². The van der Waals surface area contributed by atoms with Gasteiger partial charge in [-0.15, -0.1) is 0 Å². The Balaban J connectivity index is 4.15. The molecule has 3 heteroatoms. The number of amides is 1. The molecule has 0 aliphatic rings. The Morgan fingerprint density at radius 3 is 2.29 bits per heavy atom. The van der Waals surface area contributed by atoms with Gasteiger partial charge in [0, 0.05) is 12.1 Å². The fourth-order valence-electron chi connectivity index (χ4n) is 1.52. The molecule has 0 rings (SSSR count). The minimum absolute atomic E-state index is 0.100. The van der Waals surface area contributed by atoms with Crippen LogP contribution in [0.2, 0.25) is 0 Å². The summed E-state index contributed by atoms with van der Waals surface area (Å²) >= 11 is 0. The van der Waals surface area contributed by atoms with Crippen molar-refractivity contribution in [1.29, 1.82) is 0 Å². The maximum Gasteiger partial charge on any atom is 0.243 e. The van der Waals surface area contributed by atoms with Gasteiger partial charge < -0.3 is 5.32 Å². The molecule has 0 fully saturated rings. The summed E-state index contributed by atoms with van der Waals surface area (Å²) < 4.78 is 0. The number of carbonyl (C=O) groups is 1. The third kappa shape index (κ3) is 3.92. The molecule has 0 saturated carbocycles. The van der Waals surface area contributed by atoms with Crippen LogP contribution in [0, 0.1) is 0 Å². The molecule has 1 N–H and O–H groups in total. The highest BCUT2D eigenvalue weighted by atomic mass is 16.1. The number of carbonyl (C=O) groups excluding carboxylic acids is 1. The van der Waals surface area contributed by atoms with Crippen LogP contribution in [-0.2, 0) is 4.79 Å². The molecule has 0 aliphatic heterocycles. The first-order valence-electron chi connectivity index (χ1n) is 5.23. The maximum atomic E-state index is 11.1. The molecule has 0 heterocycles. The summed E-state index contributed by atoms with van der Waals surface area (Å²) in [6.45, 7) is 13.8. The Morgan fingerprint density at radius 1 is 1.43 bits per heavy atom. The summed E-state index contributed by atoms with van der Waals surface area (Å²) in [5, 5.41) is 2.88. The first-order valence-corrected chi connectivity index (χ1v) is 5.23. The second-order valence-electron chi connectivity index (χ2n) is 3.46. The van der Waals surface area contributed by atoms with Gasteiger partial charge in [0.25, 0.3) is 0 Å². The van der Waals surface area contributed by atoms with Gasteiger partial charge in [-0.3, -0.25) is 9.69 Å². The normalized spacial score (nSPS) is 14.9. The number of nitrogens with zero attached hydrogens (tertiary/aromatic N) is 1. The van der Waals surface area contributed by atoms with Crippen LogP contribution in [0.4, 0.5) is 0 Å². The van der Waals surface area contributed by atoms with E-state index in [0.29, 0.717) is 6.04 Å². The second kappa shape index (κ2) is 6.60. The third-order valence-electron chi connectivity index (χ3n) is 2.67. The van der Waals surface area contributed by atoms with Crippen molar-refractivity contribution in [2.24, 2.45) is 0 Å². The SMILES string of the molecule is C=CC(=O)NC(C)C(C)N(CC)CC. The van der Waals surface area contributed by atoms with E-state index in [-0.39, 0.29) is 11.9 Å². The minimum atomic E-state index is -0.100. The van der Waals surface area contributed by atoms with Crippen molar-refractivity contribution < 1.29 is 4.79 Å². The monoisotopic (exact) mass is 198 g/mol. The van der Waals surface area contributed by atoms with Gasteiger partial charge in [0.15, 0.2) is 0 Å². The average molecular weight is 198 g/mol. The van der Waals surface area contributed by atoms with Gasteiger partial charge in [0.1, 0.15) is 0 Å². The fraction of sp³-hybridized carbons (Fsp3) is 0.727. The van der Waals surface area contributed by atoms with E-state index in [2.05, 4.69) is 37.6 Å². The third-order valence-corrected chi connectivity index (χ3v) is 2.67. The van der Waals surface area contributed by atoms with Crippen molar-refractivity contribution in [3.8, 4) is 0 Å². The molecule has 0 aromatic heterocycles. The largest absolute Gasteiger partial charge is 0.349 e. The molecule has 3 nitrogen and oxygen atoms in total. The van der Waals surface area contributed by atoms with Gasteiger partial charge in [-0.25, -0.2) is 0 Å². The quantitative estimate of drug-likeness (QED) is 0.654. The van der Waals surface area contributed by atoms with Crippen LogP contribution in [0.3, 0.4) is 0 Å². The lowest BCUT2D eigenvalue weighted by Crippen LogP contribution is -2.48.